The van der Waals surface area contributed by atoms with Crippen molar-refractivity contribution >= 4 is 22.5 Å². The van der Waals surface area contributed by atoms with Gasteiger partial charge in [-0.3, -0.25) is 4.79 Å². The standard InChI is InChI=1S/C36H36FN3O3/c1-42-28-20-27(21-29(22-28)43-2)31(23-36(41)39-18-16-38(17-19-39)35-15-9-7-13-33(35)37)32-25-40(24-26-10-4-3-5-11-26)34-14-8-6-12-30(32)34/h3-15,20-22,25,31H,16-19,23-24H2,1-2H3. The number of rotatable bonds is 9. The highest BCUT2D eigenvalue weighted by Crippen LogP contribution is 2.38. The largest absolute Gasteiger partial charge is 0.497 e. The fourth-order valence-corrected chi connectivity index (χ4v) is 6.11. The van der Waals surface area contributed by atoms with Crippen molar-refractivity contribution in [1.29, 1.82) is 0 Å². The van der Waals surface area contributed by atoms with Crippen molar-refractivity contribution in [2.24, 2.45) is 0 Å². The van der Waals surface area contributed by atoms with Crippen LogP contribution in [-0.2, 0) is 11.3 Å². The number of halogens is 1. The summed E-state index contributed by atoms with van der Waals surface area (Å²) >= 11 is 0. The molecule has 4 aromatic carbocycles. The number of amides is 1. The zero-order chi connectivity index (χ0) is 29.8. The van der Waals surface area contributed by atoms with Crippen molar-refractivity contribution in [3.05, 3.63) is 126 Å². The molecule has 1 atom stereocenters. The zero-order valence-corrected chi connectivity index (χ0v) is 24.6. The van der Waals surface area contributed by atoms with E-state index < -0.39 is 0 Å². The minimum absolute atomic E-state index is 0.0693. The number of fused-ring (bicyclic) bond motifs is 1. The van der Waals surface area contributed by atoms with Crippen LogP contribution >= 0.6 is 0 Å². The summed E-state index contributed by atoms with van der Waals surface area (Å²) in [7, 11) is 3.28. The lowest BCUT2D eigenvalue weighted by Gasteiger charge is -2.36. The molecule has 0 bridgehead atoms. The van der Waals surface area contributed by atoms with Crippen molar-refractivity contribution < 1.29 is 18.7 Å². The normalized spacial score (nSPS) is 14.1. The Morgan fingerprint density at radius 2 is 1.47 bits per heavy atom. The summed E-state index contributed by atoms with van der Waals surface area (Å²) < 4.78 is 27.9. The highest BCUT2D eigenvalue weighted by Gasteiger charge is 2.28. The molecule has 6 nitrogen and oxygen atoms in total. The lowest BCUT2D eigenvalue weighted by atomic mass is 9.87. The topological polar surface area (TPSA) is 46.9 Å². The van der Waals surface area contributed by atoms with E-state index in [1.807, 2.05) is 46.2 Å². The predicted molar refractivity (Wildman–Crippen MR) is 169 cm³/mol. The monoisotopic (exact) mass is 577 g/mol. The van der Waals surface area contributed by atoms with Crippen LogP contribution in [-0.4, -0.2) is 55.8 Å². The van der Waals surface area contributed by atoms with Crippen molar-refractivity contribution in [3.63, 3.8) is 0 Å². The van der Waals surface area contributed by atoms with Crippen LogP contribution in [0.2, 0.25) is 0 Å². The Kier molecular flexibility index (Phi) is 8.31. The summed E-state index contributed by atoms with van der Waals surface area (Å²) in [5.41, 5.74) is 4.95. The van der Waals surface area contributed by atoms with E-state index in [1.165, 1.54) is 11.6 Å². The number of para-hydroxylation sites is 2. The van der Waals surface area contributed by atoms with Gasteiger partial charge in [-0.2, -0.15) is 0 Å². The number of hydrogen-bond acceptors (Lipinski definition) is 4. The van der Waals surface area contributed by atoms with Crippen LogP contribution in [0.3, 0.4) is 0 Å². The first-order valence-corrected chi connectivity index (χ1v) is 14.7. The Labute approximate surface area is 251 Å². The molecule has 1 unspecified atom stereocenters. The van der Waals surface area contributed by atoms with E-state index in [0.29, 0.717) is 43.4 Å². The van der Waals surface area contributed by atoms with Crippen LogP contribution in [0.1, 0.15) is 29.0 Å². The highest BCUT2D eigenvalue weighted by atomic mass is 19.1. The average Bonchev–Trinajstić information content (AvgIpc) is 3.41. The number of carbonyl (C=O) groups excluding carboxylic acids is 1. The number of benzene rings is 4. The van der Waals surface area contributed by atoms with Gasteiger partial charge in [0.1, 0.15) is 17.3 Å². The molecule has 5 aromatic rings. The number of aromatic nitrogens is 1. The summed E-state index contributed by atoms with van der Waals surface area (Å²) in [6, 6.07) is 31.4. The fourth-order valence-electron chi connectivity index (χ4n) is 6.11. The molecule has 220 valence electrons. The van der Waals surface area contributed by atoms with Gasteiger partial charge in [-0.15, -0.1) is 0 Å². The number of piperazine rings is 1. The Hall–Kier alpha value is -4.78. The van der Waals surface area contributed by atoms with Gasteiger partial charge in [-0.25, -0.2) is 4.39 Å². The Morgan fingerprint density at radius 3 is 2.16 bits per heavy atom. The van der Waals surface area contributed by atoms with Crippen molar-refractivity contribution in [2.45, 2.75) is 18.9 Å². The van der Waals surface area contributed by atoms with E-state index in [4.69, 9.17) is 9.47 Å². The molecule has 6 rings (SSSR count). The van der Waals surface area contributed by atoms with Crippen LogP contribution < -0.4 is 14.4 Å². The first-order chi connectivity index (χ1) is 21.0. The molecular weight excluding hydrogens is 541 g/mol. The van der Waals surface area contributed by atoms with Gasteiger partial charge < -0.3 is 23.8 Å². The third-order valence-corrected chi connectivity index (χ3v) is 8.37. The second-order valence-electron chi connectivity index (χ2n) is 10.9. The highest BCUT2D eigenvalue weighted by molar-refractivity contribution is 5.87. The van der Waals surface area contributed by atoms with E-state index >= 15 is 0 Å². The van der Waals surface area contributed by atoms with Crippen LogP contribution in [0, 0.1) is 5.82 Å². The van der Waals surface area contributed by atoms with Gasteiger partial charge in [-0.1, -0.05) is 60.7 Å². The lowest BCUT2D eigenvalue weighted by molar-refractivity contribution is -0.131. The molecule has 0 spiro atoms. The molecule has 1 aliphatic heterocycles. The number of nitrogens with zero attached hydrogens (tertiary/aromatic N) is 3. The van der Waals surface area contributed by atoms with E-state index in [1.54, 1.807) is 26.4 Å². The van der Waals surface area contributed by atoms with Crippen molar-refractivity contribution in [2.75, 3.05) is 45.3 Å². The molecule has 0 aliphatic carbocycles. The van der Waals surface area contributed by atoms with E-state index in [2.05, 4.69) is 53.2 Å². The zero-order valence-electron chi connectivity index (χ0n) is 24.6. The van der Waals surface area contributed by atoms with E-state index in [-0.39, 0.29) is 24.1 Å². The van der Waals surface area contributed by atoms with Gasteiger partial charge in [0, 0.05) is 68.2 Å². The van der Waals surface area contributed by atoms with Crippen LogP contribution in [0.25, 0.3) is 10.9 Å². The van der Waals surface area contributed by atoms with E-state index in [9.17, 15) is 9.18 Å². The molecule has 1 fully saturated rings. The Morgan fingerprint density at radius 1 is 0.814 bits per heavy atom. The first kappa shape index (κ1) is 28.3. The molecule has 1 saturated heterocycles. The predicted octanol–water partition coefficient (Wildman–Crippen LogP) is 6.72. The van der Waals surface area contributed by atoms with Crippen LogP contribution in [0.4, 0.5) is 10.1 Å². The van der Waals surface area contributed by atoms with Gasteiger partial charge in [0.15, 0.2) is 0 Å². The molecule has 1 aliphatic rings. The van der Waals surface area contributed by atoms with Crippen molar-refractivity contribution in [3.8, 4) is 11.5 Å². The minimum Gasteiger partial charge on any atom is -0.497 e. The molecule has 43 heavy (non-hydrogen) atoms. The number of ether oxygens (including phenoxy) is 2. The second kappa shape index (κ2) is 12.6. The minimum atomic E-state index is -0.235. The molecule has 1 amide bonds. The molecule has 0 radical (unpaired) electrons. The summed E-state index contributed by atoms with van der Waals surface area (Å²) in [5, 5.41) is 1.11. The van der Waals surface area contributed by atoms with Crippen LogP contribution in [0.15, 0.2) is 103 Å². The summed E-state index contributed by atoms with van der Waals surface area (Å²) in [4.78, 5) is 17.9. The number of carbonyl (C=O) groups is 1. The summed E-state index contributed by atoms with van der Waals surface area (Å²) in [5.74, 6) is 0.959. The Bertz CT molecular complexity index is 1690. The molecule has 7 heteroatoms. The molecule has 1 aromatic heterocycles. The smallest absolute Gasteiger partial charge is 0.223 e. The van der Waals surface area contributed by atoms with Gasteiger partial charge in [0.05, 0.1) is 19.9 Å². The molecular formula is C36H36FN3O3. The van der Waals surface area contributed by atoms with Gasteiger partial charge in [0.2, 0.25) is 5.91 Å². The summed E-state index contributed by atoms with van der Waals surface area (Å²) in [6.07, 6.45) is 2.48. The van der Waals surface area contributed by atoms with Gasteiger partial charge in [-0.05, 0) is 47.0 Å². The summed E-state index contributed by atoms with van der Waals surface area (Å²) in [6.45, 7) is 2.97. The van der Waals surface area contributed by atoms with Gasteiger partial charge >= 0.3 is 0 Å². The van der Waals surface area contributed by atoms with Gasteiger partial charge in [0.25, 0.3) is 0 Å². The van der Waals surface area contributed by atoms with E-state index in [0.717, 1.165) is 28.6 Å². The SMILES string of the molecule is COc1cc(OC)cc(C(CC(=O)N2CCN(c3ccccc3F)CC2)c2cn(Cc3ccccc3)c3ccccc23)c1. The second-order valence-corrected chi connectivity index (χ2v) is 10.9. The maximum Gasteiger partial charge on any atom is 0.223 e. The number of methoxy groups -OCH3 is 2. The molecule has 0 N–H and O–H groups in total. The van der Waals surface area contributed by atoms with Crippen LogP contribution in [0.5, 0.6) is 11.5 Å². The average molecular weight is 578 g/mol. The maximum atomic E-state index is 14.4. The molecule has 2 heterocycles. The Balaban J connectivity index is 1.34. The number of hydrogen-bond donors (Lipinski definition) is 0. The quantitative estimate of drug-likeness (QED) is 0.195. The third-order valence-electron chi connectivity index (χ3n) is 8.37. The lowest BCUT2D eigenvalue weighted by Crippen LogP contribution is -2.49. The third kappa shape index (κ3) is 6.07. The first-order valence-electron chi connectivity index (χ1n) is 14.7. The number of anilines is 1. The fraction of sp³-hybridized carbons (Fsp3) is 0.250. The maximum absolute atomic E-state index is 14.4. The molecule has 0 saturated carbocycles. The van der Waals surface area contributed by atoms with Crippen molar-refractivity contribution in [1.82, 2.24) is 9.47 Å².